The van der Waals surface area contributed by atoms with Crippen LogP contribution in [0.1, 0.15) is 5.56 Å². The molecule has 174 valence electrons. The minimum Gasteiger partial charge on any atom is -0.354 e. The summed E-state index contributed by atoms with van der Waals surface area (Å²) in [5.41, 5.74) is -0.559. The first-order valence-corrected chi connectivity index (χ1v) is 10.8. The van der Waals surface area contributed by atoms with E-state index >= 15 is 0 Å². The number of nitrogens with zero attached hydrogens (tertiary/aromatic N) is 4. The Hall–Kier alpha value is -3.12. The Bertz CT molecular complexity index is 1130. The van der Waals surface area contributed by atoms with Crippen molar-refractivity contribution in [3.63, 3.8) is 0 Å². The SMILES string of the molecule is O=C(CN1CCN(c2ccc(C(F)(F)F)cn2)CC1)Nc1nc(-c2cc(F)ccc2F)cs1. The molecule has 1 saturated heterocycles. The van der Waals surface area contributed by atoms with Crippen molar-refractivity contribution in [3.05, 3.63) is 59.1 Å². The molecule has 0 bridgehead atoms. The summed E-state index contributed by atoms with van der Waals surface area (Å²) in [5, 5.41) is 4.46. The summed E-state index contributed by atoms with van der Waals surface area (Å²) in [7, 11) is 0. The van der Waals surface area contributed by atoms with Crippen molar-refractivity contribution >= 4 is 28.2 Å². The van der Waals surface area contributed by atoms with Crippen molar-refractivity contribution < 1.29 is 26.7 Å². The highest BCUT2D eigenvalue weighted by Gasteiger charge is 2.31. The maximum absolute atomic E-state index is 13.9. The third kappa shape index (κ3) is 5.63. The maximum atomic E-state index is 13.9. The lowest BCUT2D eigenvalue weighted by molar-refractivity contribution is -0.137. The van der Waals surface area contributed by atoms with E-state index in [-0.39, 0.29) is 28.8 Å². The van der Waals surface area contributed by atoms with Crippen LogP contribution in [-0.2, 0) is 11.0 Å². The van der Waals surface area contributed by atoms with Gasteiger partial charge in [-0.15, -0.1) is 11.3 Å². The van der Waals surface area contributed by atoms with Crippen LogP contribution >= 0.6 is 11.3 Å². The van der Waals surface area contributed by atoms with E-state index in [0.717, 1.165) is 41.8 Å². The van der Waals surface area contributed by atoms with E-state index in [4.69, 9.17) is 0 Å². The number of amides is 1. The quantitative estimate of drug-likeness (QED) is 0.550. The molecule has 1 aliphatic heterocycles. The molecule has 2 aromatic heterocycles. The van der Waals surface area contributed by atoms with Crippen molar-refractivity contribution in [1.29, 1.82) is 0 Å². The number of hydrogen-bond donors (Lipinski definition) is 1. The molecule has 1 amide bonds. The molecule has 0 unspecified atom stereocenters. The Morgan fingerprint density at radius 2 is 1.85 bits per heavy atom. The molecule has 6 nitrogen and oxygen atoms in total. The van der Waals surface area contributed by atoms with E-state index in [9.17, 15) is 26.7 Å². The third-order valence-corrected chi connectivity index (χ3v) is 5.85. The molecule has 0 radical (unpaired) electrons. The topological polar surface area (TPSA) is 61.4 Å². The van der Waals surface area contributed by atoms with Crippen LogP contribution < -0.4 is 10.2 Å². The Balaban J connectivity index is 1.28. The zero-order chi connectivity index (χ0) is 23.6. The second kappa shape index (κ2) is 9.40. The van der Waals surface area contributed by atoms with E-state index in [1.54, 1.807) is 0 Å². The molecule has 1 fully saturated rings. The normalized spacial score (nSPS) is 15.0. The van der Waals surface area contributed by atoms with Crippen LogP contribution in [0.4, 0.5) is 32.9 Å². The molecular formula is C21H18F5N5OS. The molecule has 0 aliphatic carbocycles. The molecule has 33 heavy (non-hydrogen) atoms. The molecule has 4 rings (SSSR count). The lowest BCUT2D eigenvalue weighted by Crippen LogP contribution is -2.48. The van der Waals surface area contributed by atoms with Gasteiger partial charge in [-0.2, -0.15) is 13.2 Å². The van der Waals surface area contributed by atoms with Gasteiger partial charge in [-0.25, -0.2) is 18.7 Å². The zero-order valence-corrected chi connectivity index (χ0v) is 17.9. The number of benzene rings is 1. The number of alkyl halides is 3. The first-order chi connectivity index (χ1) is 15.7. The first kappa shape index (κ1) is 23.1. The zero-order valence-electron chi connectivity index (χ0n) is 17.1. The summed E-state index contributed by atoms with van der Waals surface area (Å²) in [5.74, 6) is -1.06. The average molecular weight is 483 g/mol. The molecule has 1 aromatic carbocycles. The standard InChI is InChI=1S/C21H18F5N5OS/c22-14-2-3-16(23)15(9-14)17-12-33-20(28-17)29-19(32)11-30-5-7-31(8-6-30)18-4-1-13(10-27-18)21(24,25)26/h1-4,9-10,12H,5-8,11H2,(H,28,29,32). The minimum atomic E-state index is -4.43. The van der Waals surface area contributed by atoms with E-state index in [1.807, 2.05) is 9.80 Å². The molecule has 12 heteroatoms. The third-order valence-electron chi connectivity index (χ3n) is 5.09. The highest BCUT2D eigenvalue weighted by atomic mass is 32.1. The van der Waals surface area contributed by atoms with Crippen LogP contribution in [0.15, 0.2) is 41.9 Å². The van der Waals surface area contributed by atoms with Gasteiger partial charge in [0, 0.05) is 43.3 Å². The molecule has 3 heterocycles. The summed E-state index contributed by atoms with van der Waals surface area (Å²) in [6.45, 7) is 2.15. The Morgan fingerprint density at radius 3 is 2.52 bits per heavy atom. The van der Waals surface area contributed by atoms with Crippen molar-refractivity contribution in [2.45, 2.75) is 6.18 Å². The largest absolute Gasteiger partial charge is 0.417 e. The fourth-order valence-corrected chi connectivity index (χ4v) is 4.11. The van der Waals surface area contributed by atoms with Gasteiger partial charge in [-0.1, -0.05) is 0 Å². The summed E-state index contributed by atoms with van der Waals surface area (Å²) in [6.07, 6.45) is -3.62. The van der Waals surface area contributed by atoms with Crippen molar-refractivity contribution in [2.24, 2.45) is 0 Å². The number of thiazole rings is 1. The van der Waals surface area contributed by atoms with Gasteiger partial charge in [0.2, 0.25) is 5.91 Å². The van der Waals surface area contributed by atoms with Gasteiger partial charge in [0.1, 0.15) is 17.5 Å². The summed E-state index contributed by atoms with van der Waals surface area (Å²) in [4.78, 5) is 24.2. The Kier molecular flexibility index (Phi) is 6.56. The van der Waals surface area contributed by atoms with Crippen LogP contribution in [-0.4, -0.2) is 53.5 Å². The predicted octanol–water partition coefficient (Wildman–Crippen LogP) is 4.26. The van der Waals surface area contributed by atoms with Crippen LogP contribution in [0.5, 0.6) is 0 Å². The number of pyridine rings is 1. The maximum Gasteiger partial charge on any atom is 0.417 e. The number of carbonyl (C=O) groups excluding carboxylic acids is 1. The smallest absolute Gasteiger partial charge is 0.354 e. The van der Waals surface area contributed by atoms with E-state index < -0.39 is 23.4 Å². The van der Waals surface area contributed by atoms with Gasteiger partial charge in [-0.05, 0) is 30.3 Å². The summed E-state index contributed by atoms with van der Waals surface area (Å²) >= 11 is 1.10. The number of hydrogen-bond acceptors (Lipinski definition) is 6. The first-order valence-electron chi connectivity index (χ1n) is 9.90. The molecule has 3 aromatic rings. The highest BCUT2D eigenvalue weighted by molar-refractivity contribution is 7.14. The second-order valence-corrected chi connectivity index (χ2v) is 8.23. The van der Waals surface area contributed by atoms with Gasteiger partial charge in [0.25, 0.3) is 0 Å². The lowest BCUT2D eigenvalue weighted by Gasteiger charge is -2.35. The molecule has 1 aliphatic rings. The second-order valence-electron chi connectivity index (χ2n) is 7.38. The van der Waals surface area contributed by atoms with Crippen LogP contribution in [0.25, 0.3) is 11.3 Å². The van der Waals surface area contributed by atoms with Gasteiger partial charge >= 0.3 is 6.18 Å². The van der Waals surface area contributed by atoms with Gasteiger partial charge in [0.15, 0.2) is 5.13 Å². The van der Waals surface area contributed by atoms with Crippen LogP contribution in [0.2, 0.25) is 0 Å². The van der Waals surface area contributed by atoms with E-state index in [1.165, 1.54) is 11.4 Å². The molecule has 1 N–H and O–H groups in total. The fourth-order valence-electron chi connectivity index (χ4n) is 3.39. The highest BCUT2D eigenvalue weighted by Crippen LogP contribution is 2.30. The Morgan fingerprint density at radius 1 is 1.09 bits per heavy atom. The molecule has 0 atom stereocenters. The molecule has 0 saturated carbocycles. The van der Waals surface area contributed by atoms with Gasteiger partial charge < -0.3 is 10.2 Å². The number of rotatable bonds is 5. The average Bonchev–Trinajstić information content (AvgIpc) is 3.23. The number of anilines is 2. The fraction of sp³-hybridized carbons (Fsp3) is 0.286. The minimum absolute atomic E-state index is 0.0137. The summed E-state index contributed by atoms with van der Waals surface area (Å²) < 4.78 is 65.3. The predicted molar refractivity (Wildman–Crippen MR) is 114 cm³/mol. The monoisotopic (exact) mass is 483 g/mol. The van der Waals surface area contributed by atoms with E-state index in [0.29, 0.717) is 32.0 Å². The lowest BCUT2D eigenvalue weighted by atomic mass is 10.1. The van der Waals surface area contributed by atoms with E-state index in [2.05, 4.69) is 15.3 Å². The number of carbonyl (C=O) groups is 1. The molecule has 0 spiro atoms. The van der Waals surface area contributed by atoms with Crippen molar-refractivity contribution in [3.8, 4) is 11.3 Å². The summed E-state index contributed by atoms with van der Waals surface area (Å²) in [6, 6.07) is 5.41. The van der Waals surface area contributed by atoms with Gasteiger partial charge in [0.05, 0.1) is 17.8 Å². The van der Waals surface area contributed by atoms with Gasteiger partial charge in [-0.3, -0.25) is 9.69 Å². The van der Waals surface area contributed by atoms with Crippen molar-refractivity contribution in [2.75, 3.05) is 42.9 Å². The van der Waals surface area contributed by atoms with Crippen molar-refractivity contribution in [1.82, 2.24) is 14.9 Å². The van der Waals surface area contributed by atoms with Crippen LogP contribution in [0, 0.1) is 11.6 Å². The number of nitrogens with one attached hydrogen (secondary N) is 1. The number of aromatic nitrogens is 2. The van der Waals surface area contributed by atoms with Crippen LogP contribution in [0.3, 0.4) is 0 Å². The number of piperazine rings is 1. The number of halogens is 5. The Labute approximate surface area is 189 Å². The molecular weight excluding hydrogens is 465 g/mol.